The van der Waals surface area contributed by atoms with E-state index in [0.717, 1.165) is 17.8 Å². The first kappa shape index (κ1) is 16.4. The summed E-state index contributed by atoms with van der Waals surface area (Å²) in [6.07, 6.45) is -3.00. The van der Waals surface area contributed by atoms with Gasteiger partial charge in [0.15, 0.2) is 5.17 Å². The maximum absolute atomic E-state index is 13.0. The SMILES string of the molecule is Cc1ccc(/C=C2/SC(=Nc3ccccc3C(F)(F)F)NC2=O)o1. The zero-order valence-electron chi connectivity index (χ0n) is 12.3. The molecule has 0 unspecified atom stereocenters. The summed E-state index contributed by atoms with van der Waals surface area (Å²) in [7, 11) is 0. The lowest BCUT2D eigenvalue weighted by molar-refractivity contribution is -0.137. The molecule has 0 radical (unpaired) electrons. The van der Waals surface area contributed by atoms with Crippen molar-refractivity contribution in [3.63, 3.8) is 0 Å². The highest BCUT2D eigenvalue weighted by Gasteiger charge is 2.34. The summed E-state index contributed by atoms with van der Waals surface area (Å²) in [4.78, 5) is 16.1. The fraction of sp³-hybridized carbons (Fsp3) is 0.125. The number of aryl methyl sites for hydroxylation is 1. The molecule has 0 aliphatic carbocycles. The second kappa shape index (κ2) is 6.20. The molecule has 1 amide bonds. The Morgan fingerprint density at radius 2 is 1.96 bits per heavy atom. The molecule has 0 saturated carbocycles. The van der Waals surface area contributed by atoms with Crippen LogP contribution >= 0.6 is 11.8 Å². The van der Waals surface area contributed by atoms with Gasteiger partial charge in [-0.05, 0) is 43.0 Å². The van der Waals surface area contributed by atoms with E-state index in [1.165, 1.54) is 24.3 Å². The highest BCUT2D eigenvalue weighted by Crippen LogP contribution is 2.37. The number of rotatable bonds is 2. The minimum atomic E-state index is -4.52. The van der Waals surface area contributed by atoms with Crippen LogP contribution < -0.4 is 5.32 Å². The molecule has 1 saturated heterocycles. The van der Waals surface area contributed by atoms with Crippen molar-refractivity contribution in [2.24, 2.45) is 4.99 Å². The number of amides is 1. The van der Waals surface area contributed by atoms with Crippen LogP contribution in [0.25, 0.3) is 6.08 Å². The van der Waals surface area contributed by atoms with Gasteiger partial charge in [-0.1, -0.05) is 12.1 Å². The summed E-state index contributed by atoms with van der Waals surface area (Å²) in [6.45, 7) is 1.77. The Balaban J connectivity index is 1.89. The molecule has 124 valence electrons. The number of furan rings is 1. The van der Waals surface area contributed by atoms with Gasteiger partial charge in [-0.15, -0.1) is 0 Å². The van der Waals surface area contributed by atoms with E-state index in [1.54, 1.807) is 19.1 Å². The number of nitrogens with one attached hydrogen (secondary N) is 1. The van der Waals surface area contributed by atoms with Crippen molar-refractivity contribution in [3.8, 4) is 0 Å². The maximum atomic E-state index is 13.0. The van der Waals surface area contributed by atoms with Crippen LogP contribution in [0.4, 0.5) is 18.9 Å². The smallest absolute Gasteiger partial charge is 0.418 e. The van der Waals surface area contributed by atoms with Gasteiger partial charge >= 0.3 is 6.18 Å². The zero-order valence-corrected chi connectivity index (χ0v) is 13.2. The second-order valence-electron chi connectivity index (χ2n) is 4.95. The number of aliphatic imine (C=N–C) groups is 1. The molecule has 24 heavy (non-hydrogen) atoms. The molecule has 2 heterocycles. The van der Waals surface area contributed by atoms with E-state index in [1.807, 2.05) is 0 Å². The van der Waals surface area contributed by atoms with Gasteiger partial charge in [0.05, 0.1) is 16.2 Å². The van der Waals surface area contributed by atoms with Gasteiger partial charge in [-0.2, -0.15) is 13.2 Å². The minimum Gasteiger partial charge on any atom is -0.462 e. The predicted octanol–water partition coefficient (Wildman–Crippen LogP) is 4.50. The molecule has 1 fully saturated rings. The van der Waals surface area contributed by atoms with Crippen LogP contribution in [0.15, 0.2) is 50.7 Å². The first-order chi connectivity index (χ1) is 11.3. The molecule has 4 nitrogen and oxygen atoms in total. The van der Waals surface area contributed by atoms with E-state index < -0.39 is 17.6 Å². The van der Waals surface area contributed by atoms with Crippen molar-refractivity contribution in [3.05, 3.63) is 58.4 Å². The summed E-state index contributed by atoms with van der Waals surface area (Å²) >= 11 is 0.960. The molecular weight excluding hydrogens is 341 g/mol. The average molecular weight is 352 g/mol. The Hall–Kier alpha value is -2.48. The lowest BCUT2D eigenvalue weighted by Crippen LogP contribution is -2.19. The first-order valence-electron chi connectivity index (χ1n) is 6.85. The molecule has 1 N–H and O–H groups in total. The summed E-state index contributed by atoms with van der Waals surface area (Å²) in [6, 6.07) is 8.39. The van der Waals surface area contributed by atoms with Crippen molar-refractivity contribution in [1.29, 1.82) is 0 Å². The van der Waals surface area contributed by atoms with Crippen LogP contribution in [0.3, 0.4) is 0 Å². The highest BCUT2D eigenvalue weighted by molar-refractivity contribution is 8.18. The molecule has 3 rings (SSSR count). The Bertz CT molecular complexity index is 853. The van der Waals surface area contributed by atoms with E-state index in [9.17, 15) is 18.0 Å². The Morgan fingerprint density at radius 1 is 1.21 bits per heavy atom. The molecule has 1 aliphatic heterocycles. The van der Waals surface area contributed by atoms with E-state index in [-0.39, 0.29) is 10.9 Å². The van der Waals surface area contributed by atoms with Crippen molar-refractivity contribution >= 4 is 34.6 Å². The summed E-state index contributed by atoms with van der Waals surface area (Å²) < 4.78 is 44.3. The van der Waals surface area contributed by atoms with Gasteiger partial charge in [0, 0.05) is 6.08 Å². The predicted molar refractivity (Wildman–Crippen MR) is 85.7 cm³/mol. The van der Waals surface area contributed by atoms with Crippen molar-refractivity contribution < 1.29 is 22.4 Å². The molecule has 0 bridgehead atoms. The number of amidine groups is 1. The van der Waals surface area contributed by atoms with Gasteiger partial charge in [0.2, 0.25) is 0 Å². The lowest BCUT2D eigenvalue weighted by Gasteiger charge is -2.09. The van der Waals surface area contributed by atoms with Crippen molar-refractivity contribution in [1.82, 2.24) is 5.32 Å². The molecule has 0 atom stereocenters. The number of carbonyl (C=O) groups excluding carboxylic acids is 1. The van der Waals surface area contributed by atoms with Gasteiger partial charge < -0.3 is 9.73 Å². The third-order valence-electron chi connectivity index (χ3n) is 3.12. The first-order valence-corrected chi connectivity index (χ1v) is 7.67. The van der Waals surface area contributed by atoms with Crippen LogP contribution in [0, 0.1) is 6.92 Å². The molecule has 1 aliphatic rings. The maximum Gasteiger partial charge on any atom is 0.418 e. The van der Waals surface area contributed by atoms with Crippen LogP contribution in [0.2, 0.25) is 0 Å². The third-order valence-corrected chi connectivity index (χ3v) is 4.03. The number of thioether (sulfide) groups is 1. The number of hydrogen-bond donors (Lipinski definition) is 1. The Morgan fingerprint density at radius 3 is 2.62 bits per heavy atom. The minimum absolute atomic E-state index is 0.0891. The molecule has 2 aromatic rings. The molecule has 1 aromatic carbocycles. The van der Waals surface area contributed by atoms with Crippen LogP contribution in [0.1, 0.15) is 17.1 Å². The molecular formula is C16H11F3N2O2S. The Labute approximate surface area is 139 Å². The van der Waals surface area contributed by atoms with Crippen molar-refractivity contribution in [2.75, 3.05) is 0 Å². The standard InChI is InChI=1S/C16H11F3N2O2S/c1-9-6-7-10(23-9)8-13-14(22)21-15(24-13)20-12-5-3-2-4-11(12)16(17,18)19/h2-8H,1H3,(H,20,21,22)/b13-8+. The molecule has 8 heteroatoms. The average Bonchev–Trinajstić information content (AvgIpc) is 3.05. The van der Waals surface area contributed by atoms with Gasteiger partial charge in [-0.25, -0.2) is 4.99 Å². The summed E-state index contributed by atoms with van der Waals surface area (Å²) in [5.41, 5.74) is -1.10. The molecule has 1 aromatic heterocycles. The number of nitrogens with zero attached hydrogens (tertiary/aromatic N) is 1. The fourth-order valence-corrected chi connectivity index (χ4v) is 2.88. The highest BCUT2D eigenvalue weighted by atomic mass is 32.2. The van der Waals surface area contributed by atoms with E-state index in [4.69, 9.17) is 4.42 Å². The third kappa shape index (κ3) is 3.53. The van der Waals surface area contributed by atoms with Gasteiger partial charge in [0.1, 0.15) is 11.5 Å². The number of para-hydroxylation sites is 1. The van der Waals surface area contributed by atoms with E-state index >= 15 is 0 Å². The van der Waals surface area contributed by atoms with E-state index in [0.29, 0.717) is 16.4 Å². The number of carbonyl (C=O) groups is 1. The largest absolute Gasteiger partial charge is 0.462 e. The topological polar surface area (TPSA) is 54.6 Å². The van der Waals surface area contributed by atoms with Crippen LogP contribution in [0.5, 0.6) is 0 Å². The van der Waals surface area contributed by atoms with Crippen molar-refractivity contribution in [2.45, 2.75) is 13.1 Å². The quantitative estimate of drug-likeness (QED) is 0.810. The lowest BCUT2D eigenvalue weighted by atomic mass is 10.2. The molecule has 0 spiro atoms. The monoisotopic (exact) mass is 352 g/mol. The number of alkyl halides is 3. The fourth-order valence-electron chi connectivity index (χ4n) is 2.06. The zero-order chi connectivity index (χ0) is 17.3. The summed E-state index contributed by atoms with van der Waals surface area (Å²) in [5.74, 6) is 0.748. The Kier molecular flexibility index (Phi) is 4.23. The van der Waals surface area contributed by atoms with Crippen LogP contribution in [-0.4, -0.2) is 11.1 Å². The number of hydrogen-bond acceptors (Lipinski definition) is 4. The van der Waals surface area contributed by atoms with Crippen LogP contribution in [-0.2, 0) is 11.0 Å². The second-order valence-corrected chi connectivity index (χ2v) is 5.98. The summed E-state index contributed by atoms with van der Waals surface area (Å²) in [5, 5.41) is 2.54. The normalized spacial score (nSPS) is 18.4. The number of benzene rings is 1. The van der Waals surface area contributed by atoms with Gasteiger partial charge in [-0.3, -0.25) is 4.79 Å². The number of halogens is 3. The van der Waals surface area contributed by atoms with E-state index in [2.05, 4.69) is 10.3 Å². The van der Waals surface area contributed by atoms with Gasteiger partial charge in [0.25, 0.3) is 5.91 Å².